The summed E-state index contributed by atoms with van der Waals surface area (Å²) in [6, 6.07) is 6.91. The van der Waals surface area contributed by atoms with Gasteiger partial charge in [-0.25, -0.2) is 4.79 Å². The summed E-state index contributed by atoms with van der Waals surface area (Å²) in [5.41, 5.74) is 0. The number of ether oxygens (including phenoxy) is 1. The second-order valence-electron chi connectivity index (χ2n) is 3.48. The number of hydrogen-bond acceptors (Lipinski definition) is 4. The van der Waals surface area contributed by atoms with E-state index in [0.29, 0.717) is 5.75 Å². The molecule has 1 aromatic carbocycles. The highest BCUT2D eigenvalue weighted by Gasteiger charge is 2.17. The van der Waals surface area contributed by atoms with E-state index in [2.05, 4.69) is 10.6 Å². The van der Waals surface area contributed by atoms with Crippen molar-refractivity contribution in [1.29, 1.82) is 0 Å². The number of nitrogens with one attached hydrogen (secondary N) is 2. The number of imide groups is 1. The second kappa shape index (κ2) is 6.90. The van der Waals surface area contributed by atoms with Crippen LogP contribution in [-0.2, 0) is 4.79 Å². The average Bonchev–Trinajstić information content (AvgIpc) is 2.39. The highest BCUT2D eigenvalue weighted by atomic mass is 32.2. The molecule has 0 heterocycles. The van der Waals surface area contributed by atoms with Crippen molar-refractivity contribution in [3.05, 3.63) is 24.3 Å². The summed E-state index contributed by atoms with van der Waals surface area (Å²) in [6.07, 6.45) is 0. The Morgan fingerprint density at radius 2 is 2.00 bits per heavy atom. The Hall–Kier alpha value is -1.69. The van der Waals surface area contributed by atoms with Gasteiger partial charge in [0.15, 0.2) is 0 Å². The van der Waals surface area contributed by atoms with Crippen LogP contribution >= 0.6 is 11.8 Å². The van der Waals surface area contributed by atoms with Crippen LogP contribution in [0.3, 0.4) is 0 Å². The van der Waals surface area contributed by atoms with Gasteiger partial charge >= 0.3 is 6.03 Å². The largest absolute Gasteiger partial charge is 0.496 e. The van der Waals surface area contributed by atoms with Crippen LogP contribution in [0.15, 0.2) is 29.2 Å². The summed E-state index contributed by atoms with van der Waals surface area (Å²) in [5, 5.41) is 4.18. The standard InChI is InChI=1S/C12H16N2O3S/c1-8(11(15)14-12(16)13-2)18-10-7-5-4-6-9(10)17-3/h4-8H,1-3H3,(H2,13,14,15,16). The van der Waals surface area contributed by atoms with Crippen LogP contribution in [0, 0.1) is 0 Å². The zero-order valence-corrected chi connectivity index (χ0v) is 11.3. The number of carbonyl (C=O) groups excluding carboxylic acids is 2. The average molecular weight is 268 g/mol. The molecular formula is C12H16N2O3S. The quantitative estimate of drug-likeness (QED) is 0.814. The minimum Gasteiger partial charge on any atom is -0.496 e. The van der Waals surface area contributed by atoms with Crippen LogP contribution in [0.25, 0.3) is 0 Å². The zero-order chi connectivity index (χ0) is 13.5. The van der Waals surface area contributed by atoms with Gasteiger partial charge in [-0.1, -0.05) is 12.1 Å². The number of methoxy groups -OCH3 is 1. The number of hydrogen-bond donors (Lipinski definition) is 2. The topological polar surface area (TPSA) is 67.4 Å². The van der Waals surface area contributed by atoms with Gasteiger partial charge in [0.05, 0.1) is 17.3 Å². The van der Waals surface area contributed by atoms with Crippen LogP contribution < -0.4 is 15.4 Å². The number of thioether (sulfide) groups is 1. The van der Waals surface area contributed by atoms with Crippen molar-refractivity contribution in [1.82, 2.24) is 10.6 Å². The van der Waals surface area contributed by atoms with Gasteiger partial charge < -0.3 is 10.1 Å². The molecule has 3 amide bonds. The van der Waals surface area contributed by atoms with E-state index in [1.807, 2.05) is 24.3 Å². The van der Waals surface area contributed by atoms with Gasteiger partial charge in [-0.3, -0.25) is 10.1 Å². The molecule has 0 fully saturated rings. The summed E-state index contributed by atoms with van der Waals surface area (Å²) >= 11 is 1.34. The molecule has 5 nitrogen and oxygen atoms in total. The molecule has 1 aromatic rings. The Kier molecular flexibility index (Phi) is 5.51. The Labute approximate surface area is 110 Å². The summed E-state index contributed by atoms with van der Waals surface area (Å²) in [7, 11) is 3.04. The number of rotatable bonds is 4. The summed E-state index contributed by atoms with van der Waals surface area (Å²) in [6.45, 7) is 1.73. The number of carbonyl (C=O) groups is 2. The smallest absolute Gasteiger partial charge is 0.321 e. The molecule has 0 radical (unpaired) electrons. The highest BCUT2D eigenvalue weighted by molar-refractivity contribution is 8.00. The third-order valence-corrected chi connectivity index (χ3v) is 3.36. The van der Waals surface area contributed by atoms with Gasteiger partial charge in [0, 0.05) is 7.05 Å². The summed E-state index contributed by atoms with van der Waals surface area (Å²) < 4.78 is 5.20. The van der Waals surface area contributed by atoms with Crippen LogP contribution in [0.5, 0.6) is 5.75 Å². The first-order valence-corrected chi connectivity index (χ1v) is 6.28. The molecule has 1 unspecified atom stereocenters. The predicted octanol–water partition coefficient (Wildman–Crippen LogP) is 1.63. The fourth-order valence-corrected chi connectivity index (χ4v) is 2.21. The van der Waals surface area contributed by atoms with Crippen molar-refractivity contribution in [2.75, 3.05) is 14.2 Å². The van der Waals surface area contributed by atoms with E-state index in [0.717, 1.165) is 4.90 Å². The minimum atomic E-state index is -0.507. The normalized spacial score (nSPS) is 11.5. The number of urea groups is 1. The lowest BCUT2D eigenvalue weighted by Crippen LogP contribution is -2.41. The van der Waals surface area contributed by atoms with Crippen LogP contribution in [0.4, 0.5) is 4.79 Å². The van der Waals surface area contributed by atoms with Crippen LogP contribution in [0.2, 0.25) is 0 Å². The second-order valence-corrected chi connectivity index (χ2v) is 4.86. The van der Waals surface area contributed by atoms with Crippen molar-refractivity contribution >= 4 is 23.7 Å². The molecule has 0 aliphatic carbocycles. The van der Waals surface area contributed by atoms with Crippen molar-refractivity contribution in [2.24, 2.45) is 0 Å². The molecule has 1 atom stereocenters. The molecule has 6 heteroatoms. The molecule has 0 spiro atoms. The summed E-state index contributed by atoms with van der Waals surface area (Å²) in [4.78, 5) is 23.6. The predicted molar refractivity (Wildman–Crippen MR) is 70.9 cm³/mol. The lowest BCUT2D eigenvalue weighted by Gasteiger charge is -2.13. The van der Waals surface area contributed by atoms with E-state index in [1.165, 1.54) is 18.8 Å². The fourth-order valence-electron chi connectivity index (χ4n) is 1.24. The van der Waals surface area contributed by atoms with Crippen molar-refractivity contribution in [2.45, 2.75) is 17.1 Å². The highest BCUT2D eigenvalue weighted by Crippen LogP contribution is 2.31. The van der Waals surface area contributed by atoms with Gasteiger partial charge in [0.2, 0.25) is 5.91 Å². The van der Waals surface area contributed by atoms with E-state index < -0.39 is 11.3 Å². The Balaban J connectivity index is 2.66. The van der Waals surface area contributed by atoms with Crippen LogP contribution in [-0.4, -0.2) is 31.3 Å². The molecule has 0 aromatic heterocycles. The maximum absolute atomic E-state index is 11.7. The van der Waals surface area contributed by atoms with E-state index in [-0.39, 0.29) is 5.91 Å². The number of amides is 3. The molecule has 18 heavy (non-hydrogen) atoms. The zero-order valence-electron chi connectivity index (χ0n) is 10.5. The molecule has 0 bridgehead atoms. The fraction of sp³-hybridized carbons (Fsp3) is 0.333. The molecule has 0 aliphatic heterocycles. The molecule has 0 aliphatic rings. The first-order chi connectivity index (χ1) is 8.58. The molecule has 2 N–H and O–H groups in total. The Bertz CT molecular complexity index is 437. The maximum Gasteiger partial charge on any atom is 0.321 e. The third kappa shape index (κ3) is 3.96. The van der Waals surface area contributed by atoms with Gasteiger partial charge in [-0.2, -0.15) is 0 Å². The van der Waals surface area contributed by atoms with Crippen molar-refractivity contribution in [3.8, 4) is 5.75 Å². The monoisotopic (exact) mass is 268 g/mol. The molecule has 1 rings (SSSR count). The van der Waals surface area contributed by atoms with Crippen molar-refractivity contribution < 1.29 is 14.3 Å². The Morgan fingerprint density at radius 1 is 1.33 bits per heavy atom. The van der Waals surface area contributed by atoms with E-state index in [9.17, 15) is 9.59 Å². The van der Waals surface area contributed by atoms with Gasteiger partial charge in [0.1, 0.15) is 5.75 Å². The van der Waals surface area contributed by atoms with E-state index in [1.54, 1.807) is 14.0 Å². The van der Waals surface area contributed by atoms with Gasteiger partial charge in [-0.05, 0) is 19.1 Å². The molecular weight excluding hydrogens is 252 g/mol. The van der Waals surface area contributed by atoms with Crippen LogP contribution in [0.1, 0.15) is 6.92 Å². The van der Waals surface area contributed by atoms with E-state index in [4.69, 9.17) is 4.74 Å². The first-order valence-electron chi connectivity index (χ1n) is 5.40. The number of benzene rings is 1. The molecule has 0 saturated heterocycles. The molecule has 98 valence electrons. The number of para-hydroxylation sites is 1. The molecule has 0 saturated carbocycles. The summed E-state index contributed by atoms with van der Waals surface area (Å²) in [5.74, 6) is 0.368. The SMILES string of the molecule is CNC(=O)NC(=O)C(C)Sc1ccccc1OC. The van der Waals surface area contributed by atoms with Gasteiger partial charge in [-0.15, -0.1) is 11.8 Å². The lowest BCUT2D eigenvalue weighted by molar-refractivity contribution is -0.119. The van der Waals surface area contributed by atoms with Crippen molar-refractivity contribution in [3.63, 3.8) is 0 Å². The Morgan fingerprint density at radius 3 is 2.61 bits per heavy atom. The lowest BCUT2D eigenvalue weighted by atomic mass is 10.3. The first kappa shape index (κ1) is 14.4. The third-order valence-electron chi connectivity index (χ3n) is 2.21. The minimum absolute atomic E-state index is 0.342. The maximum atomic E-state index is 11.7. The van der Waals surface area contributed by atoms with Gasteiger partial charge in [0.25, 0.3) is 0 Å². The van der Waals surface area contributed by atoms with E-state index >= 15 is 0 Å².